The molecule has 12 aromatic carbocycles. The first-order valence-corrected chi connectivity index (χ1v) is 48.5. The van der Waals surface area contributed by atoms with E-state index in [1.54, 1.807) is 218 Å². The van der Waals surface area contributed by atoms with Gasteiger partial charge in [-0.15, -0.1) is 0 Å². The maximum atomic E-state index is 14.5. The predicted octanol–water partition coefficient (Wildman–Crippen LogP) is 15.0. The third-order valence-corrected chi connectivity index (χ3v) is 23.9. The molecule has 3 fully saturated rings. The van der Waals surface area contributed by atoms with E-state index in [4.69, 9.17) is 99.5 Å². The molecule has 150 heavy (non-hydrogen) atoms. The minimum Gasteiger partial charge on any atom is -0.459 e. The number of ether oxygens (including phenoxy) is 21. The van der Waals surface area contributed by atoms with Crippen LogP contribution in [0.4, 0.5) is 0 Å². The van der Waals surface area contributed by atoms with Crippen LogP contribution in [-0.4, -0.2) is 255 Å². The molecule has 776 valence electrons. The van der Waals surface area contributed by atoms with Gasteiger partial charge < -0.3 is 105 Å². The largest absolute Gasteiger partial charge is 0.459 e. The van der Waals surface area contributed by atoms with Gasteiger partial charge >= 0.3 is 71.6 Å². The topological polar surface area (TPSA) is 419 Å². The maximum absolute atomic E-state index is 14.5. The summed E-state index contributed by atoms with van der Waals surface area (Å²) in [5.74, 6) is -10.9. The zero-order chi connectivity index (χ0) is 105. The van der Waals surface area contributed by atoms with E-state index in [0.29, 0.717) is 0 Å². The van der Waals surface area contributed by atoms with Crippen molar-refractivity contribution >= 4 is 71.6 Å². The van der Waals surface area contributed by atoms with Crippen molar-refractivity contribution in [2.24, 2.45) is 5.41 Å². The van der Waals surface area contributed by atoms with Crippen molar-refractivity contribution in [1.82, 2.24) is 0 Å². The third-order valence-electron chi connectivity index (χ3n) is 23.9. The summed E-state index contributed by atoms with van der Waals surface area (Å²) in [6.07, 6.45) is -25.4. The number of aliphatic hydroxyl groups is 1. The number of esters is 12. The molecule has 34 nitrogen and oxygen atoms in total. The Balaban J connectivity index is 0.699. The zero-order valence-corrected chi connectivity index (χ0v) is 81.0. The quantitative estimate of drug-likeness (QED) is 0.0210. The highest BCUT2D eigenvalue weighted by Crippen LogP contribution is 2.38. The van der Waals surface area contributed by atoms with Gasteiger partial charge in [-0.25, -0.2) is 57.5 Å². The van der Waals surface area contributed by atoms with Crippen LogP contribution in [0.2, 0.25) is 0 Å². The van der Waals surface area contributed by atoms with Gasteiger partial charge in [-0.2, -0.15) is 0 Å². The van der Waals surface area contributed by atoms with Crippen LogP contribution in [0, 0.1) is 5.41 Å². The summed E-state index contributed by atoms with van der Waals surface area (Å²) in [5, 5.41) is 11.9. The van der Waals surface area contributed by atoms with Crippen LogP contribution in [-0.2, 0) is 99.5 Å². The molecule has 0 spiro atoms. The molecule has 3 saturated heterocycles. The normalized spacial score (nSPS) is 20.3. The number of rotatable bonds is 49. The molecule has 15 atom stereocenters. The third kappa shape index (κ3) is 30.6. The van der Waals surface area contributed by atoms with E-state index in [1.165, 1.54) is 146 Å². The minimum atomic E-state index is -1.77. The summed E-state index contributed by atoms with van der Waals surface area (Å²) >= 11 is 0. The lowest BCUT2D eigenvalue weighted by Crippen LogP contribution is -2.63. The molecule has 0 unspecified atom stereocenters. The fourth-order valence-electron chi connectivity index (χ4n) is 16.2. The van der Waals surface area contributed by atoms with E-state index in [1.807, 2.05) is 0 Å². The molecule has 0 bridgehead atoms. The van der Waals surface area contributed by atoms with Crippen molar-refractivity contribution < 1.29 is 162 Å². The van der Waals surface area contributed by atoms with E-state index >= 15 is 0 Å². The number of benzene rings is 12. The SMILES string of the molecule is O=C(OC[C@H]1O[C@H](OCCCOCC(CO)(COCCCO[C@H]2O[C@H](COC(=O)c3ccccc3)[C@@H](OC(=O)c3ccccc3)[C@H](OC(=O)c3ccccc3)[C@@H]2OC(=O)c2ccccc2)COCCCO[C@H]2O[C@H](COC(=O)c3ccccc3)[C@@H](OC(=O)c3ccccc3)[C@H](OC(=O)c3ccccc3)[C@@H]2OC(=O)c2ccccc2)[C@@H](OC(=O)c2ccccc2)[C@@H](OC(=O)c2ccccc2)[C@@H]1OC(=O)c1ccccc1)c1ccccc1. The molecule has 0 aromatic heterocycles. The first kappa shape index (κ1) is 108. The Morgan fingerprint density at radius 2 is 0.353 bits per heavy atom. The van der Waals surface area contributed by atoms with Gasteiger partial charge in [-0.1, -0.05) is 218 Å². The average Bonchev–Trinajstić information content (AvgIpc) is 0.780. The lowest BCUT2D eigenvalue weighted by Gasteiger charge is -2.44. The summed E-state index contributed by atoms with van der Waals surface area (Å²) in [4.78, 5) is 172. The van der Waals surface area contributed by atoms with Crippen LogP contribution in [0.25, 0.3) is 0 Å². The van der Waals surface area contributed by atoms with E-state index in [2.05, 4.69) is 0 Å². The number of aliphatic hydroxyl groups excluding tert-OH is 1. The van der Waals surface area contributed by atoms with Gasteiger partial charge in [0.2, 0.25) is 0 Å². The van der Waals surface area contributed by atoms with Crippen LogP contribution in [0.3, 0.4) is 0 Å². The summed E-state index contributed by atoms with van der Waals surface area (Å²) in [5.41, 5.74) is -0.556. The first-order chi connectivity index (χ1) is 73.3. The summed E-state index contributed by atoms with van der Waals surface area (Å²) in [7, 11) is 0. The standard InChI is InChI=1S/C116H108O34/c117-73-116(74-130-64-37-67-133-113-98(148-110(127)86-58-31-10-32-59-86)95(145-107(124)83-52-25-7-26-53-83)92(142-104(121)80-46-19-4-20-47-80)89(139-113)70-136-101(118)77-40-13-1-14-41-77,75-131-65-38-68-134-114-99(149-111(128)87-60-33-11-34-61-87)96(146-108(125)84-54-27-8-28-55-84)93(143-105(122)81-48-21-5-22-49-81)90(140-114)71-137-102(119)78-42-15-2-16-43-78)76-132-66-39-69-135-115-100(150-112(129)88-62-35-12-36-63-88)97(147-109(126)85-56-29-9-30-57-85)94(144-106(123)82-50-23-6-24-51-82)91(141-115)72-138-103(120)79-44-17-3-18-45-79/h1-36,40-63,89-100,113-115,117H,37-39,64-76H2/t89-,90-,91-,92-,93-,94-,95+,96+,97+,98+,99+,100+,113+,114+,115+/m1/s1. The molecule has 0 radical (unpaired) electrons. The van der Waals surface area contributed by atoms with Crippen LogP contribution in [0.1, 0.15) is 144 Å². The Hall–Kier alpha value is -16.1. The lowest BCUT2D eigenvalue weighted by atomic mass is 9.92. The molecular weight excluding hydrogens is 1940 g/mol. The zero-order valence-electron chi connectivity index (χ0n) is 81.0. The Kier molecular flexibility index (Phi) is 40.1. The second kappa shape index (κ2) is 55.6. The Labute approximate surface area is 862 Å². The average molecular weight is 2050 g/mol. The smallest absolute Gasteiger partial charge is 0.338 e. The molecule has 12 aromatic rings. The Bertz CT molecular complexity index is 5730. The molecule has 15 rings (SSSR count). The molecule has 34 heteroatoms. The highest BCUT2D eigenvalue weighted by molar-refractivity contribution is 5.96. The molecule has 0 amide bonds. The minimum absolute atomic E-state index is 0.0148. The second-order valence-electron chi connectivity index (χ2n) is 34.6. The van der Waals surface area contributed by atoms with Gasteiger partial charge in [0, 0.05) is 19.8 Å². The maximum Gasteiger partial charge on any atom is 0.338 e. The number of hydrogen-bond acceptors (Lipinski definition) is 34. The van der Waals surface area contributed by atoms with E-state index in [9.17, 15) is 62.6 Å². The Morgan fingerprint density at radius 1 is 0.200 bits per heavy atom. The van der Waals surface area contributed by atoms with Crippen LogP contribution in [0.5, 0.6) is 0 Å². The van der Waals surface area contributed by atoms with E-state index in [-0.39, 0.29) is 145 Å². The fourth-order valence-corrected chi connectivity index (χ4v) is 16.2. The van der Waals surface area contributed by atoms with Gasteiger partial charge in [-0.3, -0.25) is 0 Å². The van der Waals surface area contributed by atoms with Crippen molar-refractivity contribution in [3.05, 3.63) is 431 Å². The van der Waals surface area contributed by atoms with Gasteiger partial charge in [0.1, 0.15) is 38.1 Å². The first-order valence-electron chi connectivity index (χ1n) is 48.5. The highest BCUT2D eigenvalue weighted by atomic mass is 16.8. The molecule has 3 heterocycles. The van der Waals surface area contributed by atoms with Crippen molar-refractivity contribution in [2.75, 3.05) is 85.9 Å². The number of hydrogen-bond donors (Lipinski definition) is 1. The van der Waals surface area contributed by atoms with Crippen LogP contribution in [0.15, 0.2) is 364 Å². The number of carbonyl (C=O) groups is 12. The van der Waals surface area contributed by atoms with Crippen molar-refractivity contribution in [1.29, 1.82) is 0 Å². The fraction of sp³-hybridized carbons (Fsp3) is 0.276. The highest BCUT2D eigenvalue weighted by Gasteiger charge is 2.58. The van der Waals surface area contributed by atoms with Crippen molar-refractivity contribution in [3.63, 3.8) is 0 Å². The van der Waals surface area contributed by atoms with Crippen LogP contribution >= 0.6 is 0 Å². The van der Waals surface area contributed by atoms with E-state index < -0.39 is 196 Å². The van der Waals surface area contributed by atoms with Gasteiger partial charge in [0.05, 0.1) is 118 Å². The van der Waals surface area contributed by atoms with Crippen molar-refractivity contribution in [3.8, 4) is 0 Å². The van der Waals surface area contributed by atoms with Gasteiger partial charge in [-0.05, 0) is 165 Å². The van der Waals surface area contributed by atoms with Gasteiger partial charge in [0.25, 0.3) is 0 Å². The lowest BCUT2D eigenvalue weighted by molar-refractivity contribution is -0.299. The van der Waals surface area contributed by atoms with E-state index in [0.717, 1.165) is 0 Å². The number of carbonyl (C=O) groups excluding carboxylic acids is 12. The summed E-state index contributed by atoms with van der Waals surface area (Å²) in [6, 6.07) is 94.4. The molecule has 3 aliphatic heterocycles. The molecule has 0 saturated carbocycles. The Morgan fingerprint density at radius 3 is 0.520 bits per heavy atom. The van der Waals surface area contributed by atoms with Gasteiger partial charge in [0.15, 0.2) is 73.8 Å². The molecular formula is C116H108O34. The molecule has 3 aliphatic rings. The molecule has 1 N–H and O–H groups in total. The molecule has 0 aliphatic carbocycles. The monoisotopic (exact) mass is 2040 g/mol. The van der Waals surface area contributed by atoms with Crippen molar-refractivity contribution in [2.45, 2.75) is 111 Å². The summed E-state index contributed by atoms with van der Waals surface area (Å²) in [6.45, 7) is -5.11. The van der Waals surface area contributed by atoms with Crippen LogP contribution < -0.4 is 0 Å². The predicted molar refractivity (Wildman–Crippen MR) is 531 cm³/mol. The second-order valence-corrected chi connectivity index (χ2v) is 34.6. The summed E-state index contributed by atoms with van der Waals surface area (Å²) < 4.78 is 133.